The lowest BCUT2D eigenvalue weighted by molar-refractivity contribution is 0.0277. The predicted molar refractivity (Wildman–Crippen MR) is 46.6 cm³/mol. The number of rotatable bonds is 1. The molecule has 1 amide bonds. The van der Waals surface area contributed by atoms with Crippen LogP contribution in [0.1, 0.15) is 33.1 Å². The van der Waals surface area contributed by atoms with Crippen LogP contribution in [-0.2, 0) is 4.74 Å². The molecular formula is C9H17NO2. The van der Waals surface area contributed by atoms with Gasteiger partial charge in [-0.05, 0) is 24.7 Å². The maximum absolute atomic E-state index is 10.5. The quantitative estimate of drug-likeness (QED) is 0.655. The average molecular weight is 171 g/mol. The molecule has 0 aromatic rings. The fourth-order valence-electron chi connectivity index (χ4n) is 1.85. The minimum absolute atomic E-state index is 0.0475. The van der Waals surface area contributed by atoms with E-state index in [1.54, 1.807) is 0 Å². The van der Waals surface area contributed by atoms with Gasteiger partial charge in [-0.3, -0.25) is 0 Å². The number of carbonyl (C=O) groups is 1. The summed E-state index contributed by atoms with van der Waals surface area (Å²) in [6, 6.07) is 0. The van der Waals surface area contributed by atoms with E-state index in [9.17, 15) is 4.79 Å². The van der Waals surface area contributed by atoms with Crippen molar-refractivity contribution in [1.82, 2.24) is 0 Å². The van der Waals surface area contributed by atoms with Crippen molar-refractivity contribution in [2.24, 2.45) is 17.6 Å². The molecule has 70 valence electrons. The second-order valence-corrected chi connectivity index (χ2v) is 3.74. The minimum atomic E-state index is -0.638. The predicted octanol–water partition coefficient (Wildman–Crippen LogP) is 1.91. The molecule has 1 aliphatic carbocycles. The highest BCUT2D eigenvalue weighted by Gasteiger charge is 2.29. The summed E-state index contributed by atoms with van der Waals surface area (Å²) in [5, 5.41) is 0. The van der Waals surface area contributed by atoms with Gasteiger partial charge in [-0.1, -0.05) is 20.3 Å². The maximum Gasteiger partial charge on any atom is 0.404 e. The third-order valence-corrected chi connectivity index (χ3v) is 2.90. The Labute approximate surface area is 73.3 Å². The first-order chi connectivity index (χ1) is 5.61. The molecule has 0 aliphatic heterocycles. The first kappa shape index (κ1) is 9.36. The van der Waals surface area contributed by atoms with E-state index in [0.717, 1.165) is 12.8 Å². The molecule has 1 rings (SSSR count). The third kappa shape index (κ3) is 2.13. The van der Waals surface area contributed by atoms with E-state index >= 15 is 0 Å². The van der Waals surface area contributed by atoms with Gasteiger partial charge in [0.15, 0.2) is 0 Å². The highest BCUT2D eigenvalue weighted by atomic mass is 16.6. The van der Waals surface area contributed by atoms with Gasteiger partial charge >= 0.3 is 6.09 Å². The summed E-state index contributed by atoms with van der Waals surface area (Å²) in [7, 11) is 0. The van der Waals surface area contributed by atoms with Crippen LogP contribution in [0.25, 0.3) is 0 Å². The van der Waals surface area contributed by atoms with Gasteiger partial charge in [0.05, 0.1) is 0 Å². The molecule has 0 saturated heterocycles. The van der Waals surface area contributed by atoms with E-state index in [-0.39, 0.29) is 6.10 Å². The zero-order chi connectivity index (χ0) is 9.14. The molecule has 12 heavy (non-hydrogen) atoms. The summed E-state index contributed by atoms with van der Waals surface area (Å²) >= 11 is 0. The topological polar surface area (TPSA) is 52.3 Å². The number of nitrogens with two attached hydrogens (primary N) is 1. The van der Waals surface area contributed by atoms with Crippen molar-refractivity contribution in [3.63, 3.8) is 0 Å². The fourth-order valence-corrected chi connectivity index (χ4v) is 1.85. The lowest BCUT2D eigenvalue weighted by Crippen LogP contribution is -2.34. The molecule has 1 aliphatic rings. The molecule has 1 saturated carbocycles. The summed E-state index contributed by atoms with van der Waals surface area (Å²) in [4.78, 5) is 10.5. The Balaban J connectivity index is 2.46. The zero-order valence-electron chi connectivity index (χ0n) is 7.75. The number of primary amides is 1. The van der Waals surface area contributed by atoms with Gasteiger partial charge in [-0.25, -0.2) is 4.79 Å². The molecule has 0 spiro atoms. The maximum atomic E-state index is 10.5. The molecule has 3 atom stereocenters. The van der Waals surface area contributed by atoms with Crippen LogP contribution in [0, 0.1) is 11.8 Å². The first-order valence-electron chi connectivity index (χ1n) is 4.57. The lowest BCUT2D eigenvalue weighted by Gasteiger charge is -2.32. The Morgan fingerprint density at radius 1 is 1.42 bits per heavy atom. The molecule has 2 N–H and O–H groups in total. The van der Waals surface area contributed by atoms with E-state index in [1.807, 2.05) is 0 Å². The largest absolute Gasteiger partial charge is 0.446 e. The Hall–Kier alpha value is -0.730. The van der Waals surface area contributed by atoms with Crippen LogP contribution in [0.3, 0.4) is 0 Å². The Morgan fingerprint density at radius 3 is 2.67 bits per heavy atom. The van der Waals surface area contributed by atoms with E-state index in [2.05, 4.69) is 13.8 Å². The fraction of sp³-hybridized carbons (Fsp3) is 0.889. The Kier molecular flexibility index (Phi) is 2.95. The molecule has 3 heteroatoms. The Morgan fingerprint density at radius 2 is 2.08 bits per heavy atom. The highest BCUT2D eigenvalue weighted by Crippen LogP contribution is 2.31. The third-order valence-electron chi connectivity index (χ3n) is 2.90. The lowest BCUT2D eigenvalue weighted by atomic mass is 9.79. The molecular weight excluding hydrogens is 154 g/mol. The molecule has 0 aromatic carbocycles. The van der Waals surface area contributed by atoms with E-state index in [1.165, 1.54) is 6.42 Å². The van der Waals surface area contributed by atoms with Crippen molar-refractivity contribution in [2.45, 2.75) is 39.2 Å². The Bertz CT molecular complexity index is 170. The SMILES string of the molecule is CC1CCCC(OC(N)=O)C1C. The molecule has 3 nitrogen and oxygen atoms in total. The molecule has 0 heterocycles. The number of ether oxygens (including phenoxy) is 1. The number of amides is 1. The van der Waals surface area contributed by atoms with Gasteiger partial charge in [0.2, 0.25) is 0 Å². The van der Waals surface area contributed by atoms with Gasteiger partial charge in [-0.2, -0.15) is 0 Å². The molecule has 0 radical (unpaired) electrons. The molecule has 3 unspecified atom stereocenters. The minimum Gasteiger partial charge on any atom is -0.446 e. The van der Waals surface area contributed by atoms with Crippen LogP contribution < -0.4 is 5.73 Å². The van der Waals surface area contributed by atoms with Crippen LogP contribution in [0.15, 0.2) is 0 Å². The molecule has 0 aromatic heterocycles. The summed E-state index contributed by atoms with van der Waals surface area (Å²) in [6.07, 6.45) is 2.75. The summed E-state index contributed by atoms with van der Waals surface area (Å²) in [5.41, 5.74) is 4.97. The summed E-state index contributed by atoms with van der Waals surface area (Å²) in [5.74, 6) is 1.09. The van der Waals surface area contributed by atoms with Crippen molar-refractivity contribution in [3.05, 3.63) is 0 Å². The van der Waals surface area contributed by atoms with Gasteiger partial charge in [0.1, 0.15) is 6.10 Å². The second-order valence-electron chi connectivity index (χ2n) is 3.74. The van der Waals surface area contributed by atoms with Crippen LogP contribution in [0.2, 0.25) is 0 Å². The van der Waals surface area contributed by atoms with Crippen molar-refractivity contribution >= 4 is 6.09 Å². The summed E-state index contributed by atoms with van der Waals surface area (Å²) < 4.78 is 5.01. The van der Waals surface area contributed by atoms with E-state index in [0.29, 0.717) is 11.8 Å². The van der Waals surface area contributed by atoms with Crippen molar-refractivity contribution < 1.29 is 9.53 Å². The monoisotopic (exact) mass is 171 g/mol. The van der Waals surface area contributed by atoms with Gasteiger partial charge < -0.3 is 10.5 Å². The standard InChI is InChI=1S/C9H17NO2/c1-6-4-3-5-8(7(6)2)12-9(10)11/h6-8H,3-5H2,1-2H3,(H2,10,11). The number of hydrogen-bond donors (Lipinski definition) is 1. The first-order valence-corrected chi connectivity index (χ1v) is 4.57. The number of hydrogen-bond acceptors (Lipinski definition) is 2. The molecule has 0 bridgehead atoms. The zero-order valence-corrected chi connectivity index (χ0v) is 7.75. The van der Waals surface area contributed by atoms with Crippen molar-refractivity contribution in [2.75, 3.05) is 0 Å². The van der Waals surface area contributed by atoms with Gasteiger partial charge in [0.25, 0.3) is 0 Å². The van der Waals surface area contributed by atoms with Crippen LogP contribution in [-0.4, -0.2) is 12.2 Å². The normalized spacial score (nSPS) is 36.0. The van der Waals surface area contributed by atoms with Crippen LogP contribution in [0.5, 0.6) is 0 Å². The van der Waals surface area contributed by atoms with Crippen LogP contribution in [0.4, 0.5) is 4.79 Å². The van der Waals surface area contributed by atoms with E-state index < -0.39 is 6.09 Å². The van der Waals surface area contributed by atoms with Gasteiger partial charge in [-0.15, -0.1) is 0 Å². The highest BCUT2D eigenvalue weighted by molar-refractivity contribution is 5.64. The van der Waals surface area contributed by atoms with Gasteiger partial charge in [0, 0.05) is 0 Å². The van der Waals surface area contributed by atoms with Crippen LogP contribution >= 0.6 is 0 Å². The number of carbonyl (C=O) groups excluding carboxylic acids is 1. The van der Waals surface area contributed by atoms with E-state index in [4.69, 9.17) is 10.5 Å². The summed E-state index contributed by atoms with van der Waals surface area (Å²) in [6.45, 7) is 4.32. The molecule has 1 fully saturated rings. The van der Waals surface area contributed by atoms with Crippen molar-refractivity contribution in [3.8, 4) is 0 Å². The second kappa shape index (κ2) is 3.78. The van der Waals surface area contributed by atoms with Crippen molar-refractivity contribution in [1.29, 1.82) is 0 Å². The average Bonchev–Trinajstić information content (AvgIpc) is 1.98. The smallest absolute Gasteiger partial charge is 0.404 e.